The lowest BCUT2D eigenvalue weighted by Crippen LogP contribution is -2.38. The van der Waals surface area contributed by atoms with Crippen molar-refractivity contribution in [2.45, 2.75) is 58.4 Å². The molecule has 2 amide bonds. The lowest BCUT2D eigenvalue weighted by molar-refractivity contribution is 0.237. The largest absolute Gasteiger partial charge is 0.338 e. The monoisotopic (exact) mass is 350 g/mol. The van der Waals surface area contributed by atoms with Crippen molar-refractivity contribution in [1.82, 2.24) is 10.6 Å². The Kier molecular flexibility index (Phi) is 6.32. The third kappa shape index (κ3) is 4.87. The van der Waals surface area contributed by atoms with Gasteiger partial charge < -0.3 is 10.6 Å². The molecule has 1 atom stereocenters. The summed E-state index contributed by atoms with van der Waals surface area (Å²) < 4.78 is 0. The third-order valence-corrected chi connectivity index (χ3v) is 5.31. The number of rotatable bonds is 6. The summed E-state index contributed by atoms with van der Waals surface area (Å²) in [6, 6.07) is 15.2. The molecule has 0 fully saturated rings. The average molecular weight is 351 g/mol. The number of urea groups is 1. The van der Waals surface area contributed by atoms with Gasteiger partial charge in [0.2, 0.25) is 0 Å². The molecule has 3 rings (SSSR count). The van der Waals surface area contributed by atoms with E-state index >= 15 is 0 Å². The summed E-state index contributed by atoms with van der Waals surface area (Å²) in [5, 5.41) is 6.13. The van der Waals surface area contributed by atoms with Crippen molar-refractivity contribution in [3.05, 3.63) is 70.3 Å². The van der Waals surface area contributed by atoms with Crippen molar-refractivity contribution >= 4 is 6.03 Å². The van der Waals surface area contributed by atoms with Gasteiger partial charge >= 0.3 is 6.03 Å². The summed E-state index contributed by atoms with van der Waals surface area (Å²) in [5.41, 5.74) is 6.68. The number of nitrogens with one attached hydrogen (secondary N) is 2. The zero-order valence-corrected chi connectivity index (χ0v) is 16.0. The molecule has 2 aromatic carbocycles. The molecule has 1 aliphatic carbocycles. The lowest BCUT2D eigenvalue weighted by atomic mass is 9.89. The van der Waals surface area contributed by atoms with Crippen molar-refractivity contribution in [1.29, 1.82) is 0 Å². The van der Waals surface area contributed by atoms with Gasteiger partial charge in [-0.15, -0.1) is 0 Å². The zero-order chi connectivity index (χ0) is 18.4. The smallest absolute Gasteiger partial charge is 0.315 e. The van der Waals surface area contributed by atoms with Gasteiger partial charge in [0.05, 0.1) is 6.04 Å². The second kappa shape index (κ2) is 8.88. The molecule has 138 valence electrons. The average Bonchev–Trinajstić information content (AvgIpc) is 2.67. The molecular weight excluding hydrogens is 320 g/mol. The summed E-state index contributed by atoms with van der Waals surface area (Å²) >= 11 is 0. The molecule has 0 saturated heterocycles. The van der Waals surface area contributed by atoms with Crippen LogP contribution in [0.1, 0.15) is 60.0 Å². The molecule has 3 nitrogen and oxygen atoms in total. The van der Waals surface area contributed by atoms with E-state index < -0.39 is 0 Å². The molecule has 0 aliphatic heterocycles. The molecule has 26 heavy (non-hydrogen) atoms. The summed E-state index contributed by atoms with van der Waals surface area (Å²) in [6.07, 6.45) is 6.68. The molecule has 2 aromatic rings. The van der Waals surface area contributed by atoms with Gasteiger partial charge in [0.15, 0.2) is 0 Å². The lowest BCUT2D eigenvalue weighted by Gasteiger charge is -2.22. The number of carbonyl (C=O) groups excluding carboxylic acids is 1. The topological polar surface area (TPSA) is 41.1 Å². The van der Waals surface area contributed by atoms with Crippen LogP contribution < -0.4 is 10.6 Å². The first-order valence-electron chi connectivity index (χ1n) is 9.87. The van der Waals surface area contributed by atoms with Crippen LogP contribution in [0.15, 0.2) is 42.5 Å². The van der Waals surface area contributed by atoms with Crippen LogP contribution in [0.2, 0.25) is 0 Å². The first-order chi connectivity index (χ1) is 12.7. The summed E-state index contributed by atoms with van der Waals surface area (Å²) in [6.45, 7) is 4.85. The molecule has 0 bridgehead atoms. The number of carbonyl (C=O) groups is 1. The van der Waals surface area contributed by atoms with Crippen molar-refractivity contribution < 1.29 is 4.79 Å². The van der Waals surface area contributed by atoms with Crippen LogP contribution in [0.4, 0.5) is 4.79 Å². The molecule has 1 aliphatic rings. The van der Waals surface area contributed by atoms with E-state index in [1.165, 1.54) is 53.5 Å². The van der Waals surface area contributed by atoms with Crippen LogP contribution in [0.5, 0.6) is 0 Å². The summed E-state index contributed by atoms with van der Waals surface area (Å²) in [5.74, 6) is 0. The highest BCUT2D eigenvalue weighted by Gasteiger charge is 2.16. The molecule has 3 heteroatoms. The van der Waals surface area contributed by atoms with Crippen molar-refractivity contribution in [2.24, 2.45) is 0 Å². The number of aryl methyl sites for hydroxylation is 3. The van der Waals surface area contributed by atoms with Crippen LogP contribution in [-0.2, 0) is 19.3 Å². The standard InChI is InChI=1S/C23H30N2O/c1-3-22(21-13-12-19-6-4-5-7-20(19)16-21)25-23(26)24-15-14-18-10-8-17(2)9-11-18/h8-13,16,22H,3-7,14-15H2,1-2H3,(H2,24,25,26). The van der Waals surface area contributed by atoms with E-state index in [4.69, 9.17) is 0 Å². The maximum absolute atomic E-state index is 12.3. The van der Waals surface area contributed by atoms with Crippen molar-refractivity contribution in [3.8, 4) is 0 Å². The maximum Gasteiger partial charge on any atom is 0.315 e. The number of amides is 2. The Morgan fingerprint density at radius 3 is 2.50 bits per heavy atom. The van der Waals surface area contributed by atoms with Gasteiger partial charge in [0.25, 0.3) is 0 Å². The second-order valence-corrected chi connectivity index (χ2v) is 7.33. The van der Waals surface area contributed by atoms with Gasteiger partial charge in [-0.1, -0.05) is 55.0 Å². The van der Waals surface area contributed by atoms with E-state index in [0.717, 1.165) is 12.8 Å². The van der Waals surface area contributed by atoms with Crippen molar-refractivity contribution in [2.75, 3.05) is 6.54 Å². The quantitative estimate of drug-likeness (QED) is 0.767. The molecule has 0 aromatic heterocycles. The van der Waals surface area contributed by atoms with Crippen LogP contribution >= 0.6 is 0 Å². The minimum atomic E-state index is -0.0818. The van der Waals surface area contributed by atoms with E-state index in [0.29, 0.717) is 6.54 Å². The first-order valence-corrected chi connectivity index (χ1v) is 9.87. The van der Waals surface area contributed by atoms with Gasteiger partial charge in [-0.2, -0.15) is 0 Å². The summed E-state index contributed by atoms with van der Waals surface area (Å²) in [4.78, 5) is 12.3. The normalized spacial score (nSPS) is 14.4. The number of hydrogen-bond donors (Lipinski definition) is 2. The number of hydrogen-bond acceptors (Lipinski definition) is 1. The molecule has 0 spiro atoms. The first kappa shape index (κ1) is 18.5. The number of benzene rings is 2. The van der Waals surface area contributed by atoms with Gasteiger partial charge in [-0.05, 0) is 67.7 Å². The van der Waals surface area contributed by atoms with Gasteiger partial charge in [-0.3, -0.25) is 0 Å². The van der Waals surface area contributed by atoms with Crippen molar-refractivity contribution in [3.63, 3.8) is 0 Å². The van der Waals surface area contributed by atoms with Gasteiger partial charge in [0.1, 0.15) is 0 Å². The van der Waals surface area contributed by atoms with Gasteiger partial charge in [-0.25, -0.2) is 4.79 Å². The predicted octanol–water partition coefficient (Wildman–Crippen LogP) is 4.87. The van der Waals surface area contributed by atoms with E-state index in [1.807, 2.05) is 0 Å². The highest BCUT2D eigenvalue weighted by atomic mass is 16.2. The maximum atomic E-state index is 12.3. The molecule has 2 N–H and O–H groups in total. The summed E-state index contributed by atoms with van der Waals surface area (Å²) in [7, 11) is 0. The van der Waals surface area contributed by atoms with Crippen LogP contribution in [0.25, 0.3) is 0 Å². The fourth-order valence-electron chi connectivity index (χ4n) is 3.68. The van der Waals surface area contributed by atoms with Crippen LogP contribution in [-0.4, -0.2) is 12.6 Å². The molecule has 0 saturated carbocycles. The molecule has 1 unspecified atom stereocenters. The minimum absolute atomic E-state index is 0.0709. The molecular formula is C23H30N2O. The Morgan fingerprint density at radius 2 is 1.77 bits per heavy atom. The Bertz CT molecular complexity index is 736. The predicted molar refractivity (Wildman–Crippen MR) is 108 cm³/mol. The Labute approximate surface area is 157 Å². The minimum Gasteiger partial charge on any atom is -0.338 e. The SMILES string of the molecule is CCC(NC(=O)NCCc1ccc(C)cc1)c1ccc2c(c1)CCCC2. The van der Waals surface area contributed by atoms with Gasteiger partial charge in [0, 0.05) is 6.54 Å². The van der Waals surface area contributed by atoms with Crippen LogP contribution in [0.3, 0.4) is 0 Å². The number of fused-ring (bicyclic) bond motifs is 1. The highest BCUT2D eigenvalue weighted by Crippen LogP contribution is 2.26. The molecule has 0 radical (unpaired) electrons. The second-order valence-electron chi connectivity index (χ2n) is 7.33. The van der Waals surface area contributed by atoms with E-state index in [2.05, 4.69) is 66.9 Å². The Hall–Kier alpha value is -2.29. The fraction of sp³-hybridized carbons (Fsp3) is 0.435. The Balaban J connectivity index is 1.52. The molecule has 0 heterocycles. The van der Waals surface area contributed by atoms with E-state index in [9.17, 15) is 4.79 Å². The Morgan fingerprint density at radius 1 is 1.04 bits per heavy atom. The van der Waals surface area contributed by atoms with Crippen LogP contribution in [0, 0.1) is 6.92 Å². The zero-order valence-electron chi connectivity index (χ0n) is 16.0. The van der Waals surface area contributed by atoms with E-state index in [-0.39, 0.29) is 12.1 Å². The van der Waals surface area contributed by atoms with E-state index in [1.54, 1.807) is 0 Å². The third-order valence-electron chi connectivity index (χ3n) is 5.31. The highest BCUT2D eigenvalue weighted by molar-refractivity contribution is 5.74. The fourth-order valence-corrected chi connectivity index (χ4v) is 3.68.